The molecule has 110 valence electrons. The van der Waals surface area contributed by atoms with Crippen molar-refractivity contribution in [3.63, 3.8) is 0 Å². The predicted molar refractivity (Wildman–Crippen MR) is 82.1 cm³/mol. The van der Waals surface area contributed by atoms with Crippen molar-refractivity contribution in [3.8, 4) is 5.75 Å². The van der Waals surface area contributed by atoms with Gasteiger partial charge >= 0.3 is 0 Å². The summed E-state index contributed by atoms with van der Waals surface area (Å²) in [7, 11) is 0. The third kappa shape index (κ3) is 2.57. The van der Waals surface area contributed by atoms with Crippen LogP contribution < -0.4 is 5.32 Å². The summed E-state index contributed by atoms with van der Waals surface area (Å²) in [6, 6.07) is 4.40. The number of aryl methyl sites for hydroxylation is 2. The van der Waals surface area contributed by atoms with Gasteiger partial charge in [0.25, 0.3) is 0 Å². The molecule has 3 rings (SSSR count). The van der Waals surface area contributed by atoms with E-state index >= 15 is 0 Å². The Morgan fingerprint density at radius 3 is 2.25 bits per heavy atom. The molecule has 1 heterocycles. The zero-order chi connectivity index (χ0) is 14.1. The highest BCUT2D eigenvalue weighted by molar-refractivity contribution is 5.42. The summed E-state index contributed by atoms with van der Waals surface area (Å²) >= 11 is 0. The van der Waals surface area contributed by atoms with Crippen LogP contribution in [0.3, 0.4) is 0 Å². The van der Waals surface area contributed by atoms with Crippen molar-refractivity contribution in [1.82, 2.24) is 10.2 Å². The van der Waals surface area contributed by atoms with E-state index in [1.807, 2.05) is 12.1 Å². The number of aromatic hydroxyl groups is 1. The Balaban J connectivity index is 1.96. The number of nitrogens with one attached hydrogen (secondary N) is 1. The lowest BCUT2D eigenvalue weighted by Gasteiger charge is -2.44. The van der Waals surface area contributed by atoms with E-state index in [0.717, 1.165) is 32.1 Å². The Labute approximate surface area is 122 Å². The highest BCUT2D eigenvalue weighted by atomic mass is 16.3. The van der Waals surface area contributed by atoms with Crippen LogP contribution in [0, 0.1) is 19.8 Å². The van der Waals surface area contributed by atoms with Gasteiger partial charge in [-0.1, -0.05) is 6.42 Å². The minimum atomic E-state index is 0.399. The quantitative estimate of drug-likeness (QED) is 0.889. The van der Waals surface area contributed by atoms with Crippen LogP contribution in [0.15, 0.2) is 12.1 Å². The van der Waals surface area contributed by atoms with Gasteiger partial charge < -0.3 is 10.4 Å². The lowest BCUT2D eigenvalue weighted by Crippen LogP contribution is -2.48. The second-order valence-corrected chi connectivity index (χ2v) is 6.42. The Hall–Kier alpha value is -1.06. The van der Waals surface area contributed by atoms with Crippen LogP contribution in [0.5, 0.6) is 5.75 Å². The normalized spacial score (nSPS) is 22.5. The molecule has 1 aromatic carbocycles. The topological polar surface area (TPSA) is 35.5 Å². The van der Waals surface area contributed by atoms with Gasteiger partial charge in [0.2, 0.25) is 0 Å². The van der Waals surface area contributed by atoms with Gasteiger partial charge in [0.15, 0.2) is 0 Å². The van der Waals surface area contributed by atoms with Gasteiger partial charge in [0, 0.05) is 32.2 Å². The first-order valence-corrected chi connectivity index (χ1v) is 7.91. The summed E-state index contributed by atoms with van der Waals surface area (Å²) in [5, 5.41) is 13.2. The lowest BCUT2D eigenvalue weighted by atomic mass is 9.74. The molecule has 1 saturated heterocycles. The number of rotatable bonds is 3. The minimum Gasteiger partial charge on any atom is -0.508 e. The number of hydrogen-bond acceptors (Lipinski definition) is 3. The Bertz CT molecular complexity index is 453. The molecule has 3 nitrogen and oxygen atoms in total. The van der Waals surface area contributed by atoms with Gasteiger partial charge in [-0.05, 0) is 61.4 Å². The van der Waals surface area contributed by atoms with E-state index in [9.17, 15) is 5.11 Å². The fourth-order valence-electron chi connectivity index (χ4n) is 3.85. The third-order valence-corrected chi connectivity index (χ3v) is 5.02. The molecule has 1 aromatic rings. The van der Waals surface area contributed by atoms with E-state index in [-0.39, 0.29) is 0 Å². The smallest absolute Gasteiger partial charge is 0.116 e. The van der Waals surface area contributed by atoms with Crippen molar-refractivity contribution >= 4 is 0 Å². The molecule has 2 fully saturated rings. The molecule has 0 aromatic heterocycles. The summed E-state index contributed by atoms with van der Waals surface area (Å²) in [4.78, 5) is 2.66. The molecule has 0 radical (unpaired) electrons. The summed E-state index contributed by atoms with van der Waals surface area (Å²) in [5.74, 6) is 1.20. The Kier molecular flexibility index (Phi) is 3.99. The van der Waals surface area contributed by atoms with E-state index in [1.165, 1.54) is 36.0 Å². The number of hydrogen-bond donors (Lipinski definition) is 2. The maximum absolute atomic E-state index is 9.80. The van der Waals surface area contributed by atoms with Crippen LogP contribution in [-0.2, 0) is 0 Å². The summed E-state index contributed by atoms with van der Waals surface area (Å²) in [5.41, 5.74) is 3.96. The van der Waals surface area contributed by atoms with Crippen LogP contribution in [0.2, 0.25) is 0 Å². The molecule has 1 saturated carbocycles. The summed E-state index contributed by atoms with van der Waals surface area (Å²) in [6.07, 6.45) is 4.09. The number of phenolic OH excluding ortho intramolecular Hbond substituents is 1. The van der Waals surface area contributed by atoms with Gasteiger partial charge in [-0.25, -0.2) is 0 Å². The van der Waals surface area contributed by atoms with Gasteiger partial charge in [0.1, 0.15) is 5.75 Å². The highest BCUT2D eigenvalue weighted by Crippen LogP contribution is 2.44. The van der Waals surface area contributed by atoms with E-state index in [0.29, 0.717) is 11.8 Å². The molecule has 2 aliphatic rings. The van der Waals surface area contributed by atoms with E-state index in [1.54, 1.807) is 0 Å². The predicted octanol–water partition coefficient (Wildman–Crippen LogP) is 2.76. The molecule has 0 unspecified atom stereocenters. The Morgan fingerprint density at radius 1 is 1.15 bits per heavy atom. The number of benzene rings is 1. The van der Waals surface area contributed by atoms with E-state index < -0.39 is 0 Å². The zero-order valence-electron chi connectivity index (χ0n) is 12.7. The Morgan fingerprint density at radius 2 is 1.75 bits per heavy atom. The van der Waals surface area contributed by atoms with Crippen molar-refractivity contribution in [2.75, 3.05) is 26.2 Å². The van der Waals surface area contributed by atoms with Crippen LogP contribution in [0.4, 0.5) is 0 Å². The van der Waals surface area contributed by atoms with Crippen LogP contribution in [0.1, 0.15) is 42.0 Å². The van der Waals surface area contributed by atoms with Gasteiger partial charge in [-0.3, -0.25) is 4.90 Å². The van der Waals surface area contributed by atoms with Crippen LogP contribution in [0.25, 0.3) is 0 Å². The molecule has 1 aliphatic heterocycles. The van der Waals surface area contributed by atoms with Crippen molar-refractivity contribution in [3.05, 3.63) is 28.8 Å². The van der Waals surface area contributed by atoms with Crippen LogP contribution in [-0.4, -0.2) is 36.2 Å². The standard InChI is InChI=1S/C17H26N2O/c1-12-10-15(20)11-13(2)16(12)17(14-4-3-5-14)19-8-6-18-7-9-19/h10-11,14,17-18,20H,3-9H2,1-2H3/t17-/m0/s1. The second kappa shape index (κ2) is 5.74. The largest absolute Gasteiger partial charge is 0.508 e. The molecular weight excluding hydrogens is 248 g/mol. The summed E-state index contributed by atoms with van der Waals surface area (Å²) < 4.78 is 0. The first kappa shape index (κ1) is 13.9. The molecule has 3 heteroatoms. The molecule has 1 aliphatic carbocycles. The SMILES string of the molecule is Cc1cc(O)cc(C)c1[C@H](C1CCC1)N1CCNCC1. The molecule has 0 spiro atoms. The minimum absolute atomic E-state index is 0.399. The average Bonchev–Trinajstić information content (AvgIpc) is 2.35. The maximum Gasteiger partial charge on any atom is 0.116 e. The fourth-order valence-corrected chi connectivity index (χ4v) is 3.85. The first-order chi connectivity index (χ1) is 9.66. The molecule has 0 bridgehead atoms. The number of phenols is 1. The highest BCUT2D eigenvalue weighted by Gasteiger charge is 2.35. The zero-order valence-corrected chi connectivity index (χ0v) is 12.7. The molecule has 2 N–H and O–H groups in total. The van der Waals surface area contributed by atoms with Crippen molar-refractivity contribution in [2.24, 2.45) is 5.92 Å². The molecule has 20 heavy (non-hydrogen) atoms. The van der Waals surface area contributed by atoms with Crippen molar-refractivity contribution < 1.29 is 5.11 Å². The number of nitrogens with zero attached hydrogens (tertiary/aromatic N) is 1. The fraction of sp³-hybridized carbons (Fsp3) is 0.647. The number of piperazine rings is 1. The summed E-state index contributed by atoms with van der Waals surface area (Å²) in [6.45, 7) is 8.77. The second-order valence-electron chi connectivity index (χ2n) is 6.42. The lowest BCUT2D eigenvalue weighted by molar-refractivity contribution is 0.0828. The molecule has 1 atom stereocenters. The average molecular weight is 274 g/mol. The van der Waals surface area contributed by atoms with Gasteiger partial charge in [0.05, 0.1) is 0 Å². The third-order valence-electron chi connectivity index (χ3n) is 5.02. The van der Waals surface area contributed by atoms with E-state index in [4.69, 9.17) is 0 Å². The van der Waals surface area contributed by atoms with Gasteiger partial charge in [-0.2, -0.15) is 0 Å². The molecular formula is C17H26N2O. The van der Waals surface area contributed by atoms with Crippen LogP contribution >= 0.6 is 0 Å². The van der Waals surface area contributed by atoms with E-state index in [2.05, 4.69) is 24.1 Å². The maximum atomic E-state index is 9.80. The first-order valence-electron chi connectivity index (χ1n) is 7.91. The van der Waals surface area contributed by atoms with Crippen molar-refractivity contribution in [2.45, 2.75) is 39.2 Å². The monoisotopic (exact) mass is 274 g/mol. The van der Waals surface area contributed by atoms with Crippen molar-refractivity contribution in [1.29, 1.82) is 0 Å². The van der Waals surface area contributed by atoms with Gasteiger partial charge in [-0.15, -0.1) is 0 Å². The molecule has 0 amide bonds.